The zero-order valence-corrected chi connectivity index (χ0v) is 14.9. The molecule has 1 amide bonds. The van der Waals surface area contributed by atoms with Crippen LogP contribution in [0, 0.1) is 6.92 Å². The van der Waals surface area contributed by atoms with Gasteiger partial charge in [-0.2, -0.15) is 5.10 Å². The molecular weight excluding hydrogens is 332 g/mol. The van der Waals surface area contributed by atoms with Crippen LogP contribution in [0.3, 0.4) is 0 Å². The molecule has 3 heterocycles. The van der Waals surface area contributed by atoms with Gasteiger partial charge in [-0.15, -0.1) is 0 Å². The lowest BCUT2D eigenvalue weighted by molar-refractivity contribution is 0.0950. The summed E-state index contributed by atoms with van der Waals surface area (Å²) in [4.78, 5) is 17.2. The third-order valence-electron chi connectivity index (χ3n) is 4.38. The Labute approximate surface area is 150 Å². The number of hydrogen-bond donors (Lipinski definition) is 1. The lowest BCUT2D eigenvalue weighted by atomic mass is 10.1. The molecule has 0 unspecified atom stereocenters. The molecule has 0 saturated carbocycles. The molecule has 7 nitrogen and oxygen atoms in total. The average molecular weight is 352 g/mol. The molecule has 0 radical (unpaired) electrons. The smallest absolute Gasteiger partial charge is 0.253 e. The number of rotatable bonds is 4. The number of carbonyl (C=O) groups excluding carboxylic acids is 1. The summed E-state index contributed by atoms with van der Waals surface area (Å²) in [5.41, 5.74) is 2.98. The van der Waals surface area contributed by atoms with Gasteiger partial charge < -0.3 is 14.8 Å². The molecule has 3 aromatic rings. The number of ether oxygens (including phenoxy) is 2. The van der Waals surface area contributed by atoms with Crippen LogP contribution in [0.1, 0.15) is 41.5 Å². The Bertz CT molecular complexity index is 994. The number of carbonyl (C=O) groups is 1. The topological polar surface area (TPSA) is 78.3 Å². The number of benzene rings is 1. The van der Waals surface area contributed by atoms with Crippen molar-refractivity contribution in [3.8, 4) is 11.5 Å². The minimum Gasteiger partial charge on any atom is -0.454 e. The monoisotopic (exact) mass is 352 g/mol. The van der Waals surface area contributed by atoms with Crippen LogP contribution in [-0.2, 0) is 6.54 Å². The fourth-order valence-electron chi connectivity index (χ4n) is 3.00. The summed E-state index contributed by atoms with van der Waals surface area (Å²) < 4.78 is 12.5. The van der Waals surface area contributed by atoms with Gasteiger partial charge in [-0.1, -0.05) is 6.07 Å². The van der Waals surface area contributed by atoms with Gasteiger partial charge in [0.1, 0.15) is 0 Å². The van der Waals surface area contributed by atoms with E-state index in [-0.39, 0.29) is 18.7 Å². The van der Waals surface area contributed by atoms with Gasteiger partial charge in [0.25, 0.3) is 5.91 Å². The van der Waals surface area contributed by atoms with Crippen molar-refractivity contribution in [3.05, 3.63) is 47.3 Å². The zero-order chi connectivity index (χ0) is 18.3. The molecule has 1 aliphatic rings. The van der Waals surface area contributed by atoms with E-state index in [1.54, 1.807) is 6.20 Å². The highest BCUT2D eigenvalue weighted by Gasteiger charge is 2.16. The summed E-state index contributed by atoms with van der Waals surface area (Å²) in [6, 6.07) is 7.70. The summed E-state index contributed by atoms with van der Waals surface area (Å²) >= 11 is 0. The second-order valence-corrected chi connectivity index (χ2v) is 6.59. The molecule has 1 aromatic carbocycles. The first-order chi connectivity index (χ1) is 12.5. The number of fused-ring (bicyclic) bond motifs is 2. The van der Waals surface area contributed by atoms with Crippen LogP contribution in [0.15, 0.2) is 30.5 Å². The molecular formula is C19H20N4O3. The Balaban J connectivity index is 1.53. The Hall–Kier alpha value is -3.09. The van der Waals surface area contributed by atoms with E-state index in [2.05, 4.69) is 29.2 Å². The Kier molecular flexibility index (Phi) is 3.99. The lowest BCUT2D eigenvalue weighted by Crippen LogP contribution is -2.24. The molecule has 7 heteroatoms. The van der Waals surface area contributed by atoms with Gasteiger partial charge in [0.05, 0.1) is 17.5 Å². The van der Waals surface area contributed by atoms with Crippen LogP contribution in [0.5, 0.6) is 11.5 Å². The summed E-state index contributed by atoms with van der Waals surface area (Å²) in [7, 11) is 0. The number of pyridine rings is 1. The maximum atomic E-state index is 12.6. The average Bonchev–Trinajstić information content (AvgIpc) is 3.24. The molecule has 1 N–H and O–H groups in total. The third-order valence-corrected chi connectivity index (χ3v) is 4.38. The van der Waals surface area contributed by atoms with Crippen molar-refractivity contribution in [2.24, 2.45) is 0 Å². The predicted molar refractivity (Wildman–Crippen MR) is 96.4 cm³/mol. The van der Waals surface area contributed by atoms with Gasteiger partial charge >= 0.3 is 0 Å². The van der Waals surface area contributed by atoms with E-state index in [0.717, 1.165) is 22.3 Å². The molecule has 0 bridgehead atoms. The second kappa shape index (κ2) is 6.33. The van der Waals surface area contributed by atoms with E-state index in [9.17, 15) is 4.79 Å². The molecule has 0 atom stereocenters. The number of nitrogens with zero attached hydrogens (tertiary/aromatic N) is 3. The highest BCUT2D eigenvalue weighted by molar-refractivity contribution is 5.98. The van der Waals surface area contributed by atoms with Crippen LogP contribution in [0.25, 0.3) is 11.0 Å². The highest BCUT2D eigenvalue weighted by Crippen LogP contribution is 2.32. The fourth-order valence-corrected chi connectivity index (χ4v) is 3.00. The van der Waals surface area contributed by atoms with E-state index in [1.807, 2.05) is 35.9 Å². The standard InChI is InChI=1S/C19H20N4O3/c1-11(2)23-18-14(9-21-23)7-15(12(3)22-18)19(24)20-8-13-4-5-16-17(6-13)26-10-25-16/h4-7,9,11H,8,10H2,1-3H3,(H,20,24). The maximum absolute atomic E-state index is 12.6. The van der Waals surface area contributed by atoms with Gasteiger partial charge in [0.2, 0.25) is 6.79 Å². The highest BCUT2D eigenvalue weighted by atomic mass is 16.7. The van der Waals surface area contributed by atoms with Gasteiger partial charge in [-0.3, -0.25) is 4.79 Å². The Morgan fingerprint density at radius 3 is 2.88 bits per heavy atom. The molecule has 0 fully saturated rings. The summed E-state index contributed by atoms with van der Waals surface area (Å²) in [6.45, 7) is 6.58. The third kappa shape index (κ3) is 2.85. The van der Waals surface area contributed by atoms with Crippen molar-refractivity contribution < 1.29 is 14.3 Å². The Morgan fingerprint density at radius 2 is 2.08 bits per heavy atom. The van der Waals surface area contributed by atoms with E-state index < -0.39 is 0 Å². The molecule has 0 spiro atoms. The minimum atomic E-state index is -0.160. The van der Waals surface area contributed by atoms with Crippen molar-refractivity contribution >= 4 is 16.9 Å². The summed E-state index contributed by atoms with van der Waals surface area (Å²) in [5, 5.41) is 8.16. The summed E-state index contributed by atoms with van der Waals surface area (Å²) in [5.74, 6) is 1.27. The maximum Gasteiger partial charge on any atom is 0.253 e. The first-order valence-corrected chi connectivity index (χ1v) is 8.54. The van der Waals surface area contributed by atoms with Crippen molar-refractivity contribution in [2.75, 3.05) is 6.79 Å². The van der Waals surface area contributed by atoms with Crippen LogP contribution >= 0.6 is 0 Å². The van der Waals surface area contributed by atoms with Crippen molar-refractivity contribution in [1.29, 1.82) is 0 Å². The van der Waals surface area contributed by atoms with Crippen molar-refractivity contribution in [1.82, 2.24) is 20.1 Å². The second-order valence-electron chi connectivity index (χ2n) is 6.59. The van der Waals surface area contributed by atoms with E-state index in [0.29, 0.717) is 23.6 Å². The molecule has 2 aromatic heterocycles. The van der Waals surface area contributed by atoms with Gasteiger partial charge in [0, 0.05) is 18.0 Å². The molecule has 1 aliphatic heterocycles. The Morgan fingerprint density at radius 1 is 1.27 bits per heavy atom. The van der Waals surface area contributed by atoms with Crippen LogP contribution in [0.2, 0.25) is 0 Å². The normalized spacial score (nSPS) is 12.8. The van der Waals surface area contributed by atoms with Crippen LogP contribution in [-0.4, -0.2) is 27.5 Å². The first kappa shape index (κ1) is 16.4. The SMILES string of the molecule is Cc1nc2c(cnn2C(C)C)cc1C(=O)NCc1ccc2c(c1)OCO2. The number of aromatic nitrogens is 3. The van der Waals surface area contributed by atoms with E-state index >= 15 is 0 Å². The van der Waals surface area contributed by atoms with Crippen molar-refractivity contribution in [3.63, 3.8) is 0 Å². The molecule has 0 saturated heterocycles. The van der Waals surface area contributed by atoms with Gasteiger partial charge in [-0.25, -0.2) is 9.67 Å². The minimum absolute atomic E-state index is 0.160. The molecule has 4 rings (SSSR count). The number of hydrogen-bond acceptors (Lipinski definition) is 5. The quantitative estimate of drug-likeness (QED) is 0.781. The number of amides is 1. The van der Waals surface area contributed by atoms with Crippen LogP contribution in [0.4, 0.5) is 0 Å². The van der Waals surface area contributed by atoms with Crippen LogP contribution < -0.4 is 14.8 Å². The lowest BCUT2D eigenvalue weighted by Gasteiger charge is -2.10. The fraction of sp³-hybridized carbons (Fsp3) is 0.316. The molecule has 0 aliphatic carbocycles. The summed E-state index contributed by atoms with van der Waals surface area (Å²) in [6.07, 6.45) is 1.75. The van der Waals surface area contributed by atoms with Gasteiger partial charge in [0.15, 0.2) is 17.1 Å². The molecule has 26 heavy (non-hydrogen) atoms. The zero-order valence-electron chi connectivity index (χ0n) is 14.9. The van der Waals surface area contributed by atoms with Gasteiger partial charge in [-0.05, 0) is 44.5 Å². The largest absolute Gasteiger partial charge is 0.454 e. The first-order valence-electron chi connectivity index (χ1n) is 8.54. The predicted octanol–water partition coefficient (Wildman–Crippen LogP) is 2.98. The van der Waals surface area contributed by atoms with Crippen molar-refractivity contribution in [2.45, 2.75) is 33.4 Å². The molecule has 134 valence electrons. The number of aryl methyl sites for hydroxylation is 1. The van der Waals surface area contributed by atoms with E-state index in [4.69, 9.17) is 9.47 Å². The number of nitrogens with one attached hydrogen (secondary N) is 1. The van der Waals surface area contributed by atoms with E-state index in [1.165, 1.54) is 0 Å².